The van der Waals surface area contributed by atoms with Gasteiger partial charge in [-0.05, 0) is 37.2 Å². The van der Waals surface area contributed by atoms with Crippen LogP contribution in [0.25, 0.3) is 0 Å². The van der Waals surface area contributed by atoms with Gasteiger partial charge in [-0.2, -0.15) is 0 Å². The predicted octanol–water partition coefficient (Wildman–Crippen LogP) is 2.05. The lowest BCUT2D eigenvalue weighted by molar-refractivity contribution is 0.0790. The minimum absolute atomic E-state index is 0.170. The van der Waals surface area contributed by atoms with Crippen molar-refractivity contribution in [2.24, 2.45) is 11.7 Å². The maximum Gasteiger partial charge on any atom is 0.255 e. The number of nitrogens with two attached hydrogens (primary N) is 1. The summed E-state index contributed by atoms with van der Waals surface area (Å²) in [5, 5.41) is 2.06. The van der Waals surface area contributed by atoms with E-state index in [2.05, 4.69) is 12.3 Å². The fourth-order valence-electron chi connectivity index (χ4n) is 3.00. The summed E-state index contributed by atoms with van der Waals surface area (Å²) >= 11 is 1.76. The molecule has 0 aromatic carbocycles. The van der Waals surface area contributed by atoms with Crippen LogP contribution in [0.3, 0.4) is 0 Å². The van der Waals surface area contributed by atoms with Crippen LogP contribution >= 0.6 is 11.3 Å². The molecule has 0 spiro atoms. The third-order valence-electron chi connectivity index (χ3n) is 4.14. The molecule has 98 valence electrons. The molecular weight excluding hydrogens is 244 g/mol. The molecule has 4 heteroatoms. The standard InChI is InChI=1S/C14H20N2OS/c1-9-2-3-11-12(8-18-13(11)6-9)14(17)16-5-4-10(15)7-16/h8-10H,2-7,15H2,1H3/t9?,10-/m1/s1. The van der Waals surface area contributed by atoms with Gasteiger partial charge in [0.15, 0.2) is 0 Å². The third-order valence-corrected chi connectivity index (χ3v) is 5.20. The van der Waals surface area contributed by atoms with Crippen LogP contribution in [0.1, 0.15) is 40.6 Å². The van der Waals surface area contributed by atoms with E-state index in [0.29, 0.717) is 0 Å². The number of fused-ring (bicyclic) bond motifs is 1. The first-order valence-electron chi connectivity index (χ1n) is 6.79. The van der Waals surface area contributed by atoms with Crippen LogP contribution < -0.4 is 5.73 Å². The molecule has 18 heavy (non-hydrogen) atoms. The highest BCUT2D eigenvalue weighted by Gasteiger charge is 2.29. The Hall–Kier alpha value is -0.870. The van der Waals surface area contributed by atoms with Gasteiger partial charge < -0.3 is 10.6 Å². The summed E-state index contributed by atoms with van der Waals surface area (Å²) in [6, 6.07) is 0.170. The van der Waals surface area contributed by atoms with Crippen molar-refractivity contribution in [3.8, 4) is 0 Å². The highest BCUT2D eigenvalue weighted by atomic mass is 32.1. The first-order valence-corrected chi connectivity index (χ1v) is 7.67. The number of carbonyl (C=O) groups excluding carboxylic acids is 1. The summed E-state index contributed by atoms with van der Waals surface area (Å²) in [6.45, 7) is 3.84. The highest BCUT2D eigenvalue weighted by Crippen LogP contribution is 2.33. The second-order valence-corrected chi connectivity index (χ2v) is 6.66. The van der Waals surface area contributed by atoms with Crippen molar-refractivity contribution in [3.63, 3.8) is 0 Å². The topological polar surface area (TPSA) is 46.3 Å². The van der Waals surface area contributed by atoms with Gasteiger partial charge in [-0.25, -0.2) is 0 Å². The molecule has 2 heterocycles. The van der Waals surface area contributed by atoms with Crippen molar-refractivity contribution in [1.29, 1.82) is 0 Å². The number of amides is 1. The molecule has 2 aliphatic rings. The summed E-state index contributed by atoms with van der Waals surface area (Å²) in [7, 11) is 0. The Morgan fingerprint density at radius 1 is 1.50 bits per heavy atom. The van der Waals surface area contributed by atoms with Crippen molar-refractivity contribution in [2.75, 3.05) is 13.1 Å². The largest absolute Gasteiger partial charge is 0.337 e. The lowest BCUT2D eigenvalue weighted by Crippen LogP contribution is -2.32. The van der Waals surface area contributed by atoms with Crippen molar-refractivity contribution in [1.82, 2.24) is 4.90 Å². The van der Waals surface area contributed by atoms with Crippen LogP contribution in [-0.2, 0) is 12.8 Å². The second kappa shape index (κ2) is 4.67. The maximum absolute atomic E-state index is 12.5. The zero-order valence-corrected chi connectivity index (χ0v) is 11.6. The number of carbonyl (C=O) groups is 1. The Bertz CT molecular complexity index is 468. The molecule has 1 aliphatic carbocycles. The van der Waals surface area contributed by atoms with Gasteiger partial charge in [0.05, 0.1) is 5.56 Å². The van der Waals surface area contributed by atoms with E-state index in [1.807, 2.05) is 4.90 Å². The summed E-state index contributed by atoms with van der Waals surface area (Å²) in [5.74, 6) is 0.967. The summed E-state index contributed by atoms with van der Waals surface area (Å²) < 4.78 is 0. The summed E-state index contributed by atoms with van der Waals surface area (Å²) in [6.07, 6.45) is 4.37. The number of thiophene rings is 1. The van der Waals surface area contributed by atoms with Crippen LogP contribution in [0.4, 0.5) is 0 Å². The molecule has 1 amide bonds. The molecule has 1 fully saturated rings. The average molecular weight is 264 g/mol. The molecule has 1 saturated heterocycles. The van der Waals surface area contributed by atoms with E-state index in [1.54, 1.807) is 11.3 Å². The second-order valence-electron chi connectivity index (χ2n) is 5.70. The molecule has 0 bridgehead atoms. The van der Waals surface area contributed by atoms with Gasteiger partial charge in [-0.15, -0.1) is 11.3 Å². The molecule has 1 unspecified atom stereocenters. The van der Waals surface area contributed by atoms with Crippen LogP contribution in [0, 0.1) is 5.92 Å². The van der Waals surface area contributed by atoms with Crippen molar-refractivity contribution >= 4 is 17.2 Å². The van der Waals surface area contributed by atoms with Crippen molar-refractivity contribution in [3.05, 3.63) is 21.4 Å². The van der Waals surface area contributed by atoms with E-state index in [9.17, 15) is 4.79 Å². The SMILES string of the molecule is CC1CCc2c(C(=O)N3CC[C@@H](N)C3)csc2C1. The van der Waals surface area contributed by atoms with E-state index >= 15 is 0 Å². The van der Waals surface area contributed by atoms with E-state index in [4.69, 9.17) is 5.73 Å². The molecule has 2 N–H and O–H groups in total. The Kier molecular flexibility index (Phi) is 3.16. The average Bonchev–Trinajstić information content (AvgIpc) is 2.94. The zero-order valence-electron chi connectivity index (χ0n) is 10.8. The first-order chi connectivity index (χ1) is 8.65. The lowest BCUT2D eigenvalue weighted by Gasteiger charge is -2.21. The fourth-order valence-corrected chi connectivity index (χ4v) is 4.24. The number of hydrogen-bond acceptors (Lipinski definition) is 3. The van der Waals surface area contributed by atoms with E-state index in [-0.39, 0.29) is 11.9 Å². The van der Waals surface area contributed by atoms with Crippen LogP contribution in [0.15, 0.2) is 5.38 Å². The molecule has 0 radical (unpaired) electrons. The molecule has 3 nitrogen and oxygen atoms in total. The molecule has 1 aromatic heterocycles. The van der Waals surface area contributed by atoms with Gasteiger partial charge in [0, 0.05) is 29.4 Å². The summed E-state index contributed by atoms with van der Waals surface area (Å²) in [4.78, 5) is 15.8. The Balaban J connectivity index is 1.83. The minimum atomic E-state index is 0.170. The van der Waals surface area contributed by atoms with E-state index in [0.717, 1.165) is 43.8 Å². The molecule has 1 aliphatic heterocycles. The predicted molar refractivity (Wildman–Crippen MR) is 74.0 cm³/mol. The van der Waals surface area contributed by atoms with Gasteiger partial charge in [0.25, 0.3) is 5.91 Å². The zero-order chi connectivity index (χ0) is 12.7. The fraction of sp³-hybridized carbons (Fsp3) is 0.643. The van der Waals surface area contributed by atoms with Gasteiger partial charge in [-0.3, -0.25) is 4.79 Å². The molecule has 1 aromatic rings. The monoisotopic (exact) mass is 264 g/mol. The minimum Gasteiger partial charge on any atom is -0.337 e. The van der Waals surface area contributed by atoms with Gasteiger partial charge in [-0.1, -0.05) is 6.92 Å². The number of rotatable bonds is 1. The Morgan fingerprint density at radius 3 is 3.06 bits per heavy atom. The van der Waals surface area contributed by atoms with Crippen LogP contribution in [0.5, 0.6) is 0 Å². The number of likely N-dealkylation sites (tertiary alicyclic amines) is 1. The normalized spacial score (nSPS) is 27.3. The van der Waals surface area contributed by atoms with Gasteiger partial charge in [0.1, 0.15) is 0 Å². The smallest absolute Gasteiger partial charge is 0.255 e. The first kappa shape index (κ1) is 12.2. The van der Waals surface area contributed by atoms with Crippen molar-refractivity contribution in [2.45, 2.75) is 38.6 Å². The van der Waals surface area contributed by atoms with E-state index in [1.165, 1.54) is 16.9 Å². The molecular formula is C14H20N2OS. The van der Waals surface area contributed by atoms with Crippen LogP contribution in [-0.4, -0.2) is 29.9 Å². The van der Waals surface area contributed by atoms with Crippen LogP contribution in [0.2, 0.25) is 0 Å². The van der Waals surface area contributed by atoms with Gasteiger partial charge in [0.2, 0.25) is 0 Å². The Labute approximate surface area is 112 Å². The summed E-state index contributed by atoms with van der Waals surface area (Å²) in [5.41, 5.74) is 8.16. The molecule has 2 atom stereocenters. The number of hydrogen-bond donors (Lipinski definition) is 1. The lowest BCUT2D eigenvalue weighted by atomic mass is 9.88. The molecule has 3 rings (SSSR count). The van der Waals surface area contributed by atoms with E-state index < -0.39 is 0 Å². The quantitative estimate of drug-likeness (QED) is 0.844. The third kappa shape index (κ3) is 2.08. The van der Waals surface area contributed by atoms with Gasteiger partial charge >= 0.3 is 0 Å². The number of nitrogens with zero attached hydrogens (tertiary/aromatic N) is 1. The molecule has 0 saturated carbocycles. The van der Waals surface area contributed by atoms with Crippen molar-refractivity contribution < 1.29 is 4.79 Å². The maximum atomic E-state index is 12.5. The highest BCUT2D eigenvalue weighted by molar-refractivity contribution is 7.10. The Morgan fingerprint density at radius 2 is 2.33 bits per heavy atom.